The number of rotatable bonds is 10. The molecule has 0 aromatic heterocycles. The number of carbonyl (C=O) groups is 3. The van der Waals surface area contributed by atoms with Gasteiger partial charge in [0.1, 0.15) is 6.04 Å². The Kier molecular flexibility index (Phi) is 8.64. The van der Waals surface area contributed by atoms with Crippen molar-refractivity contribution >= 4 is 17.8 Å². The smallest absolute Gasteiger partial charge is 0.326 e. The third kappa shape index (κ3) is 6.72. The monoisotopic (exact) mass is 508 g/mol. The Bertz CT molecular complexity index is 1360. The van der Waals surface area contributed by atoms with Crippen LogP contribution in [-0.2, 0) is 16.0 Å². The van der Waals surface area contributed by atoms with E-state index in [2.05, 4.69) is 10.6 Å². The molecule has 7 nitrogen and oxygen atoms in total. The van der Waals surface area contributed by atoms with Crippen LogP contribution >= 0.6 is 0 Å². The molecule has 0 aliphatic rings. The van der Waals surface area contributed by atoms with Gasteiger partial charge in [0.05, 0.1) is 6.04 Å². The van der Waals surface area contributed by atoms with Crippen LogP contribution in [0.1, 0.15) is 27.5 Å². The molecule has 2 amide bonds. The fourth-order valence-electron chi connectivity index (χ4n) is 4.13. The lowest BCUT2D eigenvalue weighted by atomic mass is 9.98. The molecule has 0 spiro atoms. The number of aliphatic hydroxyl groups excluding tert-OH is 1. The second-order valence-corrected chi connectivity index (χ2v) is 8.84. The molecule has 0 radical (unpaired) electrons. The summed E-state index contributed by atoms with van der Waals surface area (Å²) < 4.78 is 0. The molecule has 0 saturated carbocycles. The molecule has 3 atom stereocenters. The highest BCUT2D eigenvalue weighted by molar-refractivity contribution is 5.95. The SMILES string of the molecule is O=C(N[C@@H](c1ccccc1)[C@@H](O)C(=O)N[C@H](Cc1ccc(-c2ccccc2)cc1)C(=O)O)c1ccccc1. The van der Waals surface area contributed by atoms with Crippen molar-refractivity contribution in [1.82, 2.24) is 10.6 Å². The first-order valence-electron chi connectivity index (χ1n) is 12.2. The van der Waals surface area contributed by atoms with Gasteiger partial charge < -0.3 is 20.8 Å². The maximum absolute atomic E-state index is 13.0. The fourth-order valence-corrected chi connectivity index (χ4v) is 4.13. The standard InChI is InChI=1S/C31H28N2O5/c34-28(27(24-12-6-2-7-13-24)33-29(35)25-14-8-3-9-15-25)30(36)32-26(31(37)38)20-21-16-18-23(19-17-21)22-10-4-1-5-11-22/h1-19,26-28,34H,20H2,(H,32,36)(H,33,35)(H,37,38)/t26-,27+,28-/m1/s1. The van der Waals surface area contributed by atoms with Crippen LogP contribution in [0.15, 0.2) is 115 Å². The first-order chi connectivity index (χ1) is 18.4. The number of hydrogen-bond acceptors (Lipinski definition) is 4. The van der Waals surface area contributed by atoms with E-state index in [0.29, 0.717) is 16.7 Å². The van der Waals surface area contributed by atoms with Gasteiger partial charge in [0.2, 0.25) is 0 Å². The highest BCUT2D eigenvalue weighted by Gasteiger charge is 2.32. The number of carboxylic acid groups (broad SMARTS) is 1. The Labute approximate surface area is 220 Å². The number of aliphatic hydroxyl groups is 1. The van der Waals surface area contributed by atoms with E-state index in [1.165, 1.54) is 0 Å². The number of aliphatic carboxylic acids is 1. The van der Waals surface area contributed by atoms with E-state index in [0.717, 1.165) is 11.1 Å². The predicted octanol–water partition coefficient (Wildman–Crippen LogP) is 4.00. The minimum absolute atomic E-state index is 0.0231. The molecule has 0 bridgehead atoms. The Balaban J connectivity index is 1.48. The average Bonchev–Trinajstić information content (AvgIpc) is 2.96. The maximum Gasteiger partial charge on any atom is 0.326 e. The van der Waals surface area contributed by atoms with Crippen LogP contribution in [-0.4, -0.2) is 40.1 Å². The van der Waals surface area contributed by atoms with E-state index in [4.69, 9.17) is 0 Å². The molecule has 0 aliphatic heterocycles. The van der Waals surface area contributed by atoms with Crippen molar-refractivity contribution in [3.8, 4) is 11.1 Å². The molecule has 192 valence electrons. The number of amides is 2. The highest BCUT2D eigenvalue weighted by atomic mass is 16.4. The molecule has 0 aliphatic carbocycles. The van der Waals surface area contributed by atoms with Crippen molar-refractivity contribution in [3.63, 3.8) is 0 Å². The molecule has 4 aromatic carbocycles. The minimum atomic E-state index is -1.73. The van der Waals surface area contributed by atoms with Gasteiger partial charge in [0.15, 0.2) is 6.10 Å². The van der Waals surface area contributed by atoms with Crippen molar-refractivity contribution in [1.29, 1.82) is 0 Å². The number of hydrogen-bond donors (Lipinski definition) is 4. The Hall–Kier alpha value is -4.75. The predicted molar refractivity (Wildman–Crippen MR) is 144 cm³/mol. The van der Waals surface area contributed by atoms with Crippen molar-refractivity contribution in [2.24, 2.45) is 0 Å². The van der Waals surface area contributed by atoms with E-state index in [1.54, 1.807) is 60.7 Å². The van der Waals surface area contributed by atoms with Crippen LogP contribution < -0.4 is 10.6 Å². The zero-order valence-electron chi connectivity index (χ0n) is 20.5. The lowest BCUT2D eigenvalue weighted by Gasteiger charge is -2.25. The van der Waals surface area contributed by atoms with Gasteiger partial charge in [-0.2, -0.15) is 0 Å². The summed E-state index contributed by atoms with van der Waals surface area (Å²) in [4.78, 5) is 37.8. The number of benzene rings is 4. The molecule has 4 N–H and O–H groups in total. The molecule has 0 heterocycles. The van der Waals surface area contributed by atoms with Gasteiger partial charge in [-0.1, -0.05) is 103 Å². The molecule has 7 heteroatoms. The summed E-state index contributed by atoms with van der Waals surface area (Å²) in [5.41, 5.74) is 3.60. The highest BCUT2D eigenvalue weighted by Crippen LogP contribution is 2.21. The van der Waals surface area contributed by atoms with Crippen LogP contribution in [0.5, 0.6) is 0 Å². The van der Waals surface area contributed by atoms with E-state index >= 15 is 0 Å². The summed E-state index contributed by atoms with van der Waals surface area (Å²) >= 11 is 0. The zero-order chi connectivity index (χ0) is 26.9. The quantitative estimate of drug-likeness (QED) is 0.259. The van der Waals surface area contributed by atoms with E-state index in [-0.39, 0.29) is 6.42 Å². The minimum Gasteiger partial charge on any atom is -0.480 e. The van der Waals surface area contributed by atoms with Crippen LogP contribution in [0, 0.1) is 0 Å². The third-order valence-electron chi connectivity index (χ3n) is 6.18. The second kappa shape index (κ2) is 12.5. The van der Waals surface area contributed by atoms with Gasteiger partial charge >= 0.3 is 5.97 Å². The summed E-state index contributed by atoms with van der Waals surface area (Å²) in [5.74, 6) is -2.61. The van der Waals surface area contributed by atoms with Gasteiger partial charge in [-0.05, 0) is 34.4 Å². The number of nitrogens with one attached hydrogen (secondary N) is 2. The largest absolute Gasteiger partial charge is 0.480 e. The molecule has 38 heavy (non-hydrogen) atoms. The Morgan fingerprint density at radius 2 is 1.18 bits per heavy atom. The zero-order valence-corrected chi connectivity index (χ0v) is 20.5. The molecule has 0 saturated heterocycles. The first kappa shape index (κ1) is 26.3. The van der Waals surface area contributed by atoms with Crippen molar-refractivity contribution in [3.05, 3.63) is 132 Å². The molecule has 0 fully saturated rings. The fraction of sp³-hybridized carbons (Fsp3) is 0.129. The van der Waals surface area contributed by atoms with Crippen LogP contribution in [0.2, 0.25) is 0 Å². The molecular formula is C31H28N2O5. The van der Waals surface area contributed by atoms with Gasteiger partial charge in [-0.25, -0.2) is 4.79 Å². The molecular weight excluding hydrogens is 480 g/mol. The summed E-state index contributed by atoms with van der Waals surface area (Å²) in [7, 11) is 0. The van der Waals surface area contributed by atoms with Crippen molar-refractivity contribution in [2.75, 3.05) is 0 Å². The first-order valence-corrected chi connectivity index (χ1v) is 12.2. The number of carboxylic acids is 1. The van der Waals surface area contributed by atoms with Gasteiger partial charge in [-0.3, -0.25) is 9.59 Å². The van der Waals surface area contributed by atoms with Crippen molar-refractivity contribution < 1.29 is 24.6 Å². The van der Waals surface area contributed by atoms with Gasteiger partial charge in [0, 0.05) is 12.0 Å². The van der Waals surface area contributed by atoms with E-state index < -0.39 is 36.0 Å². The average molecular weight is 509 g/mol. The maximum atomic E-state index is 13.0. The Morgan fingerprint density at radius 1 is 0.658 bits per heavy atom. The number of carbonyl (C=O) groups excluding carboxylic acids is 2. The van der Waals surface area contributed by atoms with E-state index in [1.807, 2.05) is 54.6 Å². The summed E-state index contributed by atoms with van der Waals surface area (Å²) in [6, 6.07) is 31.8. The summed E-state index contributed by atoms with van der Waals surface area (Å²) in [6.45, 7) is 0. The summed E-state index contributed by atoms with van der Waals surface area (Å²) in [6.07, 6.45) is -1.71. The van der Waals surface area contributed by atoms with Crippen LogP contribution in [0.4, 0.5) is 0 Å². The lowest BCUT2D eigenvalue weighted by molar-refractivity contribution is -0.143. The lowest BCUT2D eigenvalue weighted by Crippen LogP contribution is -2.50. The third-order valence-corrected chi connectivity index (χ3v) is 6.18. The normalized spacial score (nSPS) is 13.1. The Morgan fingerprint density at radius 3 is 1.76 bits per heavy atom. The molecule has 4 aromatic rings. The molecule has 4 rings (SSSR count). The second-order valence-electron chi connectivity index (χ2n) is 8.84. The van der Waals surface area contributed by atoms with Gasteiger partial charge in [-0.15, -0.1) is 0 Å². The summed E-state index contributed by atoms with van der Waals surface area (Å²) in [5, 5.41) is 25.9. The molecule has 0 unspecified atom stereocenters. The van der Waals surface area contributed by atoms with Crippen molar-refractivity contribution in [2.45, 2.75) is 24.6 Å². The topological polar surface area (TPSA) is 116 Å². The van der Waals surface area contributed by atoms with Gasteiger partial charge in [0.25, 0.3) is 11.8 Å². The van der Waals surface area contributed by atoms with Crippen LogP contribution in [0.3, 0.4) is 0 Å². The van der Waals surface area contributed by atoms with Crippen LogP contribution in [0.25, 0.3) is 11.1 Å². The van der Waals surface area contributed by atoms with E-state index in [9.17, 15) is 24.6 Å².